The number of nitrogens with zero attached hydrogens (tertiary/aromatic N) is 4. The van der Waals surface area contributed by atoms with E-state index in [1.165, 1.54) is 0 Å². The third-order valence-electron chi connectivity index (χ3n) is 2.72. The predicted molar refractivity (Wildman–Crippen MR) is 73.8 cm³/mol. The maximum absolute atomic E-state index is 5.84. The maximum Gasteiger partial charge on any atom is 0.169 e. The second-order valence-electron chi connectivity index (χ2n) is 5.00. The molecule has 2 aromatic rings. The van der Waals surface area contributed by atoms with Gasteiger partial charge in [0.05, 0.1) is 22.9 Å². The van der Waals surface area contributed by atoms with Gasteiger partial charge in [-0.3, -0.25) is 0 Å². The Bertz CT molecular complexity index is 526. The normalized spacial score (nSPS) is 11.7. The van der Waals surface area contributed by atoms with Crippen molar-refractivity contribution in [1.82, 2.24) is 20.0 Å². The van der Waals surface area contributed by atoms with Gasteiger partial charge in [-0.2, -0.15) is 0 Å². The number of hydrogen-bond acceptors (Lipinski definition) is 5. The lowest BCUT2D eigenvalue weighted by Gasteiger charge is -2.08. The minimum atomic E-state index is 0.309. The third kappa shape index (κ3) is 2.53. The molecule has 0 atom stereocenters. The van der Waals surface area contributed by atoms with E-state index in [-0.39, 0.29) is 0 Å². The Morgan fingerprint density at radius 3 is 2.56 bits per heavy atom. The smallest absolute Gasteiger partial charge is 0.169 e. The number of anilines is 1. The van der Waals surface area contributed by atoms with Gasteiger partial charge in [-0.05, 0) is 5.92 Å². The van der Waals surface area contributed by atoms with E-state index in [1.807, 2.05) is 4.68 Å². The molecule has 2 rings (SSSR count). The molecule has 18 heavy (non-hydrogen) atoms. The van der Waals surface area contributed by atoms with Gasteiger partial charge in [-0.15, -0.1) is 16.4 Å². The van der Waals surface area contributed by atoms with Crippen molar-refractivity contribution in [3.63, 3.8) is 0 Å². The quantitative estimate of drug-likeness (QED) is 0.922. The average Bonchev–Trinajstić information content (AvgIpc) is 2.86. The van der Waals surface area contributed by atoms with Gasteiger partial charge in [0.1, 0.15) is 0 Å². The van der Waals surface area contributed by atoms with Crippen LogP contribution in [-0.4, -0.2) is 20.0 Å². The molecule has 0 radical (unpaired) electrons. The highest BCUT2D eigenvalue weighted by Crippen LogP contribution is 2.22. The monoisotopic (exact) mass is 265 g/mol. The molecule has 0 aliphatic carbocycles. The van der Waals surface area contributed by atoms with Crippen molar-refractivity contribution in [3.05, 3.63) is 21.8 Å². The van der Waals surface area contributed by atoms with Crippen LogP contribution in [0.3, 0.4) is 0 Å². The number of rotatable bonds is 4. The van der Waals surface area contributed by atoms with Gasteiger partial charge < -0.3 is 5.73 Å². The van der Waals surface area contributed by atoms with Gasteiger partial charge in [-0.25, -0.2) is 9.67 Å². The standard InChI is InChI=1S/C12H19N5S/c1-7(2)10-11(13)15-16-17(10)5-9-6-18-12(14-9)8(3)4/h6-8H,5,13H2,1-4H3. The molecule has 0 amide bonds. The van der Waals surface area contributed by atoms with Gasteiger partial charge in [0, 0.05) is 11.3 Å². The zero-order valence-electron chi connectivity index (χ0n) is 11.2. The second kappa shape index (κ2) is 5.06. The summed E-state index contributed by atoms with van der Waals surface area (Å²) in [6, 6.07) is 0. The van der Waals surface area contributed by atoms with Crippen LogP contribution in [0.15, 0.2) is 5.38 Å². The van der Waals surface area contributed by atoms with E-state index >= 15 is 0 Å². The summed E-state index contributed by atoms with van der Waals surface area (Å²) in [5, 5.41) is 11.3. The molecular weight excluding hydrogens is 246 g/mol. The molecule has 0 spiro atoms. The maximum atomic E-state index is 5.84. The van der Waals surface area contributed by atoms with Crippen molar-refractivity contribution >= 4 is 17.2 Å². The topological polar surface area (TPSA) is 69.6 Å². The molecule has 0 aliphatic heterocycles. The molecule has 0 aliphatic rings. The van der Waals surface area contributed by atoms with Crippen LogP contribution in [-0.2, 0) is 6.54 Å². The highest BCUT2D eigenvalue weighted by molar-refractivity contribution is 7.09. The lowest BCUT2D eigenvalue weighted by molar-refractivity contribution is 0.590. The van der Waals surface area contributed by atoms with Crippen molar-refractivity contribution in [1.29, 1.82) is 0 Å². The summed E-state index contributed by atoms with van der Waals surface area (Å²) in [7, 11) is 0. The number of thiazole rings is 1. The zero-order valence-corrected chi connectivity index (χ0v) is 12.0. The van der Waals surface area contributed by atoms with E-state index in [4.69, 9.17) is 5.73 Å². The molecule has 0 saturated heterocycles. The minimum absolute atomic E-state index is 0.309. The highest BCUT2D eigenvalue weighted by atomic mass is 32.1. The van der Waals surface area contributed by atoms with Crippen molar-refractivity contribution < 1.29 is 0 Å². The third-order valence-corrected chi connectivity index (χ3v) is 3.92. The van der Waals surface area contributed by atoms with E-state index in [0.29, 0.717) is 24.2 Å². The molecule has 0 saturated carbocycles. The fraction of sp³-hybridized carbons (Fsp3) is 0.583. The minimum Gasteiger partial charge on any atom is -0.381 e. The largest absolute Gasteiger partial charge is 0.381 e. The van der Waals surface area contributed by atoms with Gasteiger partial charge in [0.25, 0.3) is 0 Å². The summed E-state index contributed by atoms with van der Waals surface area (Å²) in [6.07, 6.45) is 0. The molecule has 2 heterocycles. The lowest BCUT2D eigenvalue weighted by atomic mass is 10.1. The van der Waals surface area contributed by atoms with E-state index in [9.17, 15) is 0 Å². The first kappa shape index (κ1) is 13.0. The molecule has 2 aromatic heterocycles. The lowest BCUT2D eigenvalue weighted by Crippen LogP contribution is -2.09. The Hall–Kier alpha value is -1.43. The Morgan fingerprint density at radius 1 is 1.28 bits per heavy atom. The summed E-state index contributed by atoms with van der Waals surface area (Å²) in [4.78, 5) is 4.60. The zero-order chi connectivity index (χ0) is 13.3. The number of aromatic nitrogens is 4. The highest BCUT2D eigenvalue weighted by Gasteiger charge is 2.15. The van der Waals surface area contributed by atoms with Crippen LogP contribution >= 0.6 is 11.3 Å². The second-order valence-corrected chi connectivity index (χ2v) is 5.89. The van der Waals surface area contributed by atoms with Crippen LogP contribution in [0.1, 0.15) is 55.9 Å². The van der Waals surface area contributed by atoms with Crippen LogP contribution in [0, 0.1) is 0 Å². The van der Waals surface area contributed by atoms with E-state index in [0.717, 1.165) is 16.4 Å². The first-order valence-electron chi connectivity index (χ1n) is 6.12. The van der Waals surface area contributed by atoms with Gasteiger partial charge in [0.2, 0.25) is 0 Å². The average molecular weight is 265 g/mol. The van der Waals surface area contributed by atoms with Crippen LogP contribution in [0.25, 0.3) is 0 Å². The first-order chi connectivity index (χ1) is 8.49. The summed E-state index contributed by atoms with van der Waals surface area (Å²) < 4.78 is 1.85. The summed E-state index contributed by atoms with van der Waals surface area (Å²) >= 11 is 1.69. The Kier molecular flexibility index (Phi) is 3.65. The fourth-order valence-electron chi connectivity index (χ4n) is 1.86. The fourth-order valence-corrected chi connectivity index (χ4v) is 2.68. The molecule has 6 heteroatoms. The van der Waals surface area contributed by atoms with E-state index in [2.05, 4.69) is 48.4 Å². The molecular formula is C12H19N5S. The predicted octanol–water partition coefficient (Wildman–Crippen LogP) is 2.61. The van der Waals surface area contributed by atoms with Crippen LogP contribution < -0.4 is 5.73 Å². The van der Waals surface area contributed by atoms with Crippen LogP contribution in [0.2, 0.25) is 0 Å². The van der Waals surface area contributed by atoms with Gasteiger partial charge in [0.15, 0.2) is 5.82 Å². The van der Waals surface area contributed by atoms with Gasteiger partial charge >= 0.3 is 0 Å². The molecule has 0 unspecified atom stereocenters. The SMILES string of the molecule is CC(C)c1nc(Cn2nnc(N)c2C(C)C)cs1. The Balaban J connectivity index is 2.23. The van der Waals surface area contributed by atoms with Crippen LogP contribution in [0.4, 0.5) is 5.82 Å². The molecule has 0 bridgehead atoms. The number of nitrogen functional groups attached to an aromatic ring is 1. The van der Waals surface area contributed by atoms with Gasteiger partial charge in [-0.1, -0.05) is 32.9 Å². The van der Waals surface area contributed by atoms with Crippen molar-refractivity contribution in [2.75, 3.05) is 5.73 Å². The molecule has 0 fully saturated rings. The van der Waals surface area contributed by atoms with Crippen molar-refractivity contribution in [3.8, 4) is 0 Å². The first-order valence-corrected chi connectivity index (χ1v) is 7.00. The molecule has 98 valence electrons. The van der Waals surface area contributed by atoms with Crippen molar-refractivity contribution in [2.45, 2.75) is 46.1 Å². The van der Waals surface area contributed by atoms with Crippen molar-refractivity contribution in [2.24, 2.45) is 0 Å². The van der Waals surface area contributed by atoms with E-state index < -0.39 is 0 Å². The van der Waals surface area contributed by atoms with E-state index in [1.54, 1.807) is 11.3 Å². The summed E-state index contributed by atoms with van der Waals surface area (Å²) in [6.45, 7) is 9.12. The summed E-state index contributed by atoms with van der Waals surface area (Å²) in [5.74, 6) is 1.29. The molecule has 0 aromatic carbocycles. The molecule has 5 nitrogen and oxygen atoms in total. The van der Waals surface area contributed by atoms with Crippen LogP contribution in [0.5, 0.6) is 0 Å². The Morgan fingerprint density at radius 2 is 2.00 bits per heavy atom. The Labute approximate surface area is 111 Å². The number of nitrogens with two attached hydrogens (primary N) is 1. The molecule has 2 N–H and O–H groups in total. The number of hydrogen-bond donors (Lipinski definition) is 1. The summed E-state index contributed by atoms with van der Waals surface area (Å²) in [5.41, 5.74) is 7.84.